The van der Waals surface area contributed by atoms with E-state index in [-0.39, 0.29) is 38.6 Å². The fraction of sp³-hybridized carbons (Fsp3) is 0.722. The molecule has 2 unspecified atom stereocenters. The molecule has 0 radical (unpaired) electrons. The third-order valence-corrected chi connectivity index (χ3v) is 16.8. The normalized spacial score (nSPS) is 13.6. The van der Waals surface area contributed by atoms with Crippen LogP contribution in [0.3, 0.4) is 0 Å². The van der Waals surface area contributed by atoms with Crippen molar-refractivity contribution in [3.05, 3.63) is 122 Å². The number of carbonyl (C=O) groups is 2. The van der Waals surface area contributed by atoms with E-state index in [0.717, 1.165) is 103 Å². The van der Waals surface area contributed by atoms with E-state index >= 15 is 0 Å². The van der Waals surface area contributed by atoms with Gasteiger partial charge in [-0.15, -0.1) is 0 Å². The molecule has 10 heteroatoms. The lowest BCUT2D eigenvalue weighted by molar-refractivity contribution is -0.161. The Morgan fingerprint density at radius 1 is 0.348 bits per heavy atom. The van der Waals surface area contributed by atoms with Crippen molar-refractivity contribution < 1.29 is 37.6 Å². The van der Waals surface area contributed by atoms with E-state index in [2.05, 4.69) is 135 Å². The van der Waals surface area contributed by atoms with Gasteiger partial charge in [0.1, 0.15) is 6.61 Å². The zero-order chi connectivity index (χ0) is 64.4. The summed E-state index contributed by atoms with van der Waals surface area (Å²) in [5.74, 6) is -0.824. The van der Waals surface area contributed by atoms with Gasteiger partial charge >= 0.3 is 19.8 Å². The molecule has 0 spiro atoms. The number of allylic oxidation sites excluding steroid dienone is 20. The Morgan fingerprint density at radius 3 is 0.933 bits per heavy atom. The Hall–Kier alpha value is -3.59. The maximum atomic E-state index is 12.8. The summed E-state index contributed by atoms with van der Waals surface area (Å²) in [7, 11) is -4.40. The maximum absolute atomic E-state index is 12.8. The molecule has 0 aromatic rings. The van der Waals surface area contributed by atoms with Crippen LogP contribution >= 0.6 is 7.82 Å². The van der Waals surface area contributed by atoms with Gasteiger partial charge in [0.25, 0.3) is 0 Å². The third-order valence-electron chi connectivity index (χ3n) is 15.8. The average molecular weight is 1260 g/mol. The van der Waals surface area contributed by atoms with Gasteiger partial charge in [-0.25, -0.2) is 4.57 Å². The average Bonchev–Trinajstić information content (AvgIpc) is 3.68. The van der Waals surface area contributed by atoms with E-state index in [1.54, 1.807) is 0 Å². The zero-order valence-electron chi connectivity index (χ0n) is 57.6. The van der Waals surface area contributed by atoms with Crippen molar-refractivity contribution in [3.63, 3.8) is 0 Å². The van der Waals surface area contributed by atoms with Crippen LogP contribution in [0.2, 0.25) is 0 Å². The number of rotatable bonds is 69. The SMILES string of the molecule is CC/C=C\C/C=C\C/C=C\C/C=C\C/C=C\C/C=C\C/C=C\C/C=C\C/C=C\CCCCCCCCCCCCCC(=O)OC(COC(=O)CCCCCCCCCCCCCCCCCCC/C=C\CCCCCCCCCC)COP(=O)(O)OCCN. The topological polar surface area (TPSA) is 134 Å². The summed E-state index contributed by atoms with van der Waals surface area (Å²) in [5, 5.41) is 0. The lowest BCUT2D eigenvalue weighted by atomic mass is 10.0. The monoisotopic (exact) mass is 1260 g/mol. The molecule has 0 fully saturated rings. The first-order chi connectivity index (χ1) is 43.8. The van der Waals surface area contributed by atoms with E-state index < -0.39 is 26.5 Å². The molecule has 89 heavy (non-hydrogen) atoms. The van der Waals surface area contributed by atoms with Crippen LogP contribution in [0, 0.1) is 0 Å². The predicted molar refractivity (Wildman–Crippen MR) is 385 cm³/mol. The van der Waals surface area contributed by atoms with Gasteiger partial charge in [-0.3, -0.25) is 18.6 Å². The zero-order valence-corrected chi connectivity index (χ0v) is 58.5. The third kappa shape index (κ3) is 73.3. The van der Waals surface area contributed by atoms with Crippen LogP contribution in [0.15, 0.2) is 122 Å². The highest BCUT2D eigenvalue weighted by atomic mass is 31.2. The minimum atomic E-state index is -4.40. The van der Waals surface area contributed by atoms with Gasteiger partial charge in [0.2, 0.25) is 0 Å². The summed E-state index contributed by atoms with van der Waals surface area (Å²) in [6, 6.07) is 0. The summed E-state index contributed by atoms with van der Waals surface area (Å²) < 4.78 is 33.2. The molecule has 0 aliphatic rings. The lowest BCUT2D eigenvalue weighted by Gasteiger charge is -2.19. The number of hydrogen-bond donors (Lipinski definition) is 2. The number of hydrogen-bond acceptors (Lipinski definition) is 8. The summed E-state index contributed by atoms with van der Waals surface area (Å²) in [6.45, 7) is 3.66. The molecule has 0 bridgehead atoms. The van der Waals surface area contributed by atoms with E-state index in [9.17, 15) is 19.0 Å². The quantitative estimate of drug-likeness (QED) is 0.0264. The van der Waals surface area contributed by atoms with E-state index in [4.69, 9.17) is 24.3 Å². The summed E-state index contributed by atoms with van der Waals surface area (Å²) in [5.41, 5.74) is 5.41. The number of carbonyl (C=O) groups excluding carboxylic acids is 2. The second kappa shape index (κ2) is 73.5. The van der Waals surface area contributed by atoms with Crippen molar-refractivity contribution in [2.45, 2.75) is 341 Å². The summed E-state index contributed by atoms with van der Waals surface area (Å²) in [4.78, 5) is 35.4. The molecule has 2 atom stereocenters. The predicted octanol–water partition coefficient (Wildman–Crippen LogP) is 24.6. The minimum absolute atomic E-state index is 0.0496. The molecule has 512 valence electrons. The summed E-state index contributed by atoms with van der Waals surface area (Å²) >= 11 is 0. The van der Waals surface area contributed by atoms with Crippen molar-refractivity contribution in [2.75, 3.05) is 26.4 Å². The van der Waals surface area contributed by atoms with E-state index in [1.807, 2.05) is 0 Å². The van der Waals surface area contributed by atoms with Gasteiger partial charge < -0.3 is 20.1 Å². The van der Waals surface area contributed by atoms with Crippen molar-refractivity contribution in [1.82, 2.24) is 0 Å². The minimum Gasteiger partial charge on any atom is -0.462 e. The molecule has 0 aromatic heterocycles. The number of nitrogens with two attached hydrogens (primary N) is 1. The Balaban J connectivity index is 3.89. The second-order valence-electron chi connectivity index (χ2n) is 24.4. The van der Waals surface area contributed by atoms with Crippen LogP contribution in [0.4, 0.5) is 0 Å². The molecule has 0 aromatic carbocycles. The highest BCUT2D eigenvalue weighted by molar-refractivity contribution is 7.47. The van der Waals surface area contributed by atoms with Crippen LogP contribution in [-0.4, -0.2) is 49.3 Å². The number of ether oxygens (including phenoxy) is 2. The molecule has 0 saturated carbocycles. The first-order valence-electron chi connectivity index (χ1n) is 37.0. The number of unbranched alkanes of at least 4 members (excludes halogenated alkanes) is 36. The van der Waals surface area contributed by atoms with E-state index in [1.165, 1.54) is 199 Å². The van der Waals surface area contributed by atoms with Gasteiger partial charge in [-0.2, -0.15) is 0 Å². The Labute approximate surface area is 549 Å². The fourth-order valence-electron chi connectivity index (χ4n) is 10.4. The first-order valence-corrected chi connectivity index (χ1v) is 38.5. The molecule has 3 N–H and O–H groups in total. The van der Waals surface area contributed by atoms with Gasteiger partial charge in [0, 0.05) is 19.4 Å². The van der Waals surface area contributed by atoms with Crippen LogP contribution in [0.1, 0.15) is 335 Å². The Kier molecular flexibility index (Phi) is 70.5. The van der Waals surface area contributed by atoms with Gasteiger partial charge in [0.05, 0.1) is 13.2 Å². The molecule has 0 amide bonds. The lowest BCUT2D eigenvalue weighted by Crippen LogP contribution is -2.29. The van der Waals surface area contributed by atoms with Crippen LogP contribution in [0.5, 0.6) is 0 Å². The standard InChI is InChI=1S/C79H138NO8P/c1-3-5-7-9-11-13-15-17-19-21-23-25-27-29-31-33-34-35-36-37-38-39-40-41-42-44-46-48-50-52-54-56-58-60-62-64-66-68-70-72-79(82)88-77(76-87-89(83,84)86-74-73-80)75-85-78(81)71-69-67-65-63-61-59-57-55-53-51-49-47-45-43-32-30-28-26-24-22-20-18-16-14-12-10-8-6-4-2/h5,7,11,13,17,19,22-25,29,31,34-35,37-38,40-41,44,46,77H,3-4,6,8-10,12,14-16,18,20-21,26-28,30,32-33,36,39,42-43,45,47-76,80H2,1-2H3,(H,83,84)/b7-5-,13-11-,19-17-,24-22-,25-23-,31-29-,35-34-,38-37-,41-40-,46-44-. The maximum Gasteiger partial charge on any atom is 0.472 e. The highest BCUT2D eigenvalue weighted by Gasteiger charge is 2.26. The summed E-state index contributed by atoms with van der Waals surface area (Å²) in [6.07, 6.45) is 103. The van der Waals surface area contributed by atoms with Crippen molar-refractivity contribution in [2.24, 2.45) is 5.73 Å². The smallest absolute Gasteiger partial charge is 0.462 e. The van der Waals surface area contributed by atoms with Gasteiger partial charge in [-0.1, -0.05) is 334 Å². The molecule has 0 heterocycles. The number of phosphoric acid groups is 1. The van der Waals surface area contributed by atoms with Crippen LogP contribution in [-0.2, 0) is 32.7 Å². The fourth-order valence-corrected chi connectivity index (χ4v) is 11.2. The molecular weight excluding hydrogens is 1120 g/mol. The van der Waals surface area contributed by atoms with Crippen LogP contribution < -0.4 is 5.73 Å². The van der Waals surface area contributed by atoms with Gasteiger partial charge in [-0.05, 0) is 109 Å². The second-order valence-corrected chi connectivity index (χ2v) is 25.9. The molecular formula is C79H138NO8P. The van der Waals surface area contributed by atoms with Crippen molar-refractivity contribution in [3.8, 4) is 0 Å². The largest absolute Gasteiger partial charge is 0.472 e. The van der Waals surface area contributed by atoms with Crippen LogP contribution in [0.25, 0.3) is 0 Å². The number of esters is 2. The first kappa shape index (κ1) is 85.4. The van der Waals surface area contributed by atoms with E-state index in [0.29, 0.717) is 6.42 Å². The molecule has 9 nitrogen and oxygen atoms in total. The Morgan fingerprint density at radius 2 is 0.618 bits per heavy atom. The molecule has 0 rings (SSSR count). The Bertz CT molecular complexity index is 1880. The van der Waals surface area contributed by atoms with Crippen molar-refractivity contribution in [1.29, 1.82) is 0 Å². The van der Waals surface area contributed by atoms with Gasteiger partial charge in [0.15, 0.2) is 6.10 Å². The van der Waals surface area contributed by atoms with Crippen molar-refractivity contribution >= 4 is 19.8 Å². The highest BCUT2D eigenvalue weighted by Crippen LogP contribution is 2.43. The molecule has 0 aliphatic heterocycles. The molecule has 0 saturated heterocycles. The molecule has 0 aliphatic carbocycles. The number of phosphoric ester groups is 1.